The van der Waals surface area contributed by atoms with Crippen molar-refractivity contribution >= 4 is 0 Å². The van der Waals surface area contributed by atoms with Crippen LogP contribution in [0.25, 0.3) is 0 Å². The van der Waals surface area contributed by atoms with Crippen molar-refractivity contribution in [3.63, 3.8) is 0 Å². The SMILES string of the molecule is C[C@H](CCC(C)(C)O)[C@H]1CC[C@H]2[C@@H]3CC=C4C[C@](O)(C(C)(C)O)CC[C@]4(C)[C@H]3CC[C@]12C. The summed E-state index contributed by atoms with van der Waals surface area (Å²) in [6.45, 7) is 14.9. The van der Waals surface area contributed by atoms with Gasteiger partial charge in [0.05, 0.1) is 16.8 Å². The van der Waals surface area contributed by atoms with Crippen LogP contribution in [0.2, 0.25) is 0 Å². The molecule has 0 aromatic rings. The van der Waals surface area contributed by atoms with Crippen molar-refractivity contribution in [2.45, 2.75) is 129 Å². The van der Waals surface area contributed by atoms with Gasteiger partial charge in [-0.15, -0.1) is 0 Å². The fraction of sp³-hybridized carbons (Fsp3) is 0.931. The van der Waals surface area contributed by atoms with E-state index < -0.39 is 16.8 Å². The molecule has 0 heterocycles. The summed E-state index contributed by atoms with van der Waals surface area (Å²) >= 11 is 0. The van der Waals surface area contributed by atoms with E-state index in [1.54, 1.807) is 13.8 Å². The smallest absolute Gasteiger partial charge is 0.0965 e. The van der Waals surface area contributed by atoms with Crippen molar-refractivity contribution in [3.8, 4) is 0 Å². The maximum Gasteiger partial charge on any atom is 0.0965 e. The van der Waals surface area contributed by atoms with E-state index in [1.165, 1.54) is 31.3 Å². The number of hydrogen-bond donors (Lipinski definition) is 3. The second-order valence-corrected chi connectivity index (χ2v) is 14.1. The van der Waals surface area contributed by atoms with E-state index in [-0.39, 0.29) is 5.41 Å². The van der Waals surface area contributed by atoms with Crippen molar-refractivity contribution in [2.24, 2.45) is 40.4 Å². The number of fused-ring (bicyclic) bond motifs is 5. The summed E-state index contributed by atoms with van der Waals surface area (Å²) in [4.78, 5) is 0. The molecule has 8 atom stereocenters. The summed E-state index contributed by atoms with van der Waals surface area (Å²) in [5.41, 5.74) is -0.573. The minimum atomic E-state index is -1.06. The van der Waals surface area contributed by atoms with E-state index in [0.29, 0.717) is 24.2 Å². The first kappa shape index (κ1) is 24.7. The van der Waals surface area contributed by atoms with Crippen LogP contribution in [0, 0.1) is 40.4 Å². The molecular weight excluding hydrogens is 396 g/mol. The third kappa shape index (κ3) is 3.93. The second kappa shape index (κ2) is 7.82. The highest BCUT2D eigenvalue weighted by molar-refractivity contribution is 5.28. The molecule has 0 bridgehead atoms. The van der Waals surface area contributed by atoms with Gasteiger partial charge in [-0.05, 0) is 126 Å². The van der Waals surface area contributed by atoms with Gasteiger partial charge >= 0.3 is 0 Å². The maximum absolute atomic E-state index is 11.2. The average molecular weight is 447 g/mol. The van der Waals surface area contributed by atoms with E-state index in [0.717, 1.165) is 49.4 Å². The predicted octanol–water partition coefficient (Wildman–Crippen LogP) is 6.25. The minimum absolute atomic E-state index is 0.187. The molecule has 3 nitrogen and oxygen atoms in total. The molecule has 0 radical (unpaired) electrons. The van der Waals surface area contributed by atoms with Crippen LogP contribution in [-0.2, 0) is 0 Å². The molecule has 3 fully saturated rings. The van der Waals surface area contributed by atoms with E-state index in [1.807, 2.05) is 13.8 Å². The number of hydrogen-bond acceptors (Lipinski definition) is 3. The Morgan fingerprint density at radius 1 is 1.00 bits per heavy atom. The van der Waals surface area contributed by atoms with Crippen LogP contribution in [0.3, 0.4) is 0 Å². The van der Waals surface area contributed by atoms with Crippen LogP contribution in [0.4, 0.5) is 0 Å². The van der Waals surface area contributed by atoms with Crippen molar-refractivity contribution in [1.29, 1.82) is 0 Å². The zero-order valence-corrected chi connectivity index (χ0v) is 21.9. The molecule has 4 aliphatic rings. The molecule has 0 spiro atoms. The highest BCUT2D eigenvalue weighted by atomic mass is 16.4. The van der Waals surface area contributed by atoms with Crippen LogP contribution in [0.1, 0.15) is 113 Å². The Hall–Kier alpha value is -0.380. The maximum atomic E-state index is 11.2. The fourth-order valence-corrected chi connectivity index (χ4v) is 8.93. The Kier molecular flexibility index (Phi) is 6.04. The van der Waals surface area contributed by atoms with Crippen LogP contribution in [0.5, 0.6) is 0 Å². The van der Waals surface area contributed by atoms with Crippen molar-refractivity contribution in [3.05, 3.63) is 11.6 Å². The van der Waals surface area contributed by atoms with Gasteiger partial charge in [0, 0.05) is 6.42 Å². The quantitative estimate of drug-likeness (QED) is 0.437. The summed E-state index contributed by atoms with van der Waals surface area (Å²) in [6.07, 6.45) is 13.3. The first-order chi connectivity index (χ1) is 14.6. The molecule has 3 saturated carbocycles. The van der Waals surface area contributed by atoms with E-state index >= 15 is 0 Å². The summed E-state index contributed by atoms with van der Waals surface area (Å²) in [5.74, 6) is 3.75. The summed E-state index contributed by atoms with van der Waals surface area (Å²) in [6, 6.07) is 0. The van der Waals surface area contributed by atoms with Gasteiger partial charge in [0.1, 0.15) is 0 Å². The van der Waals surface area contributed by atoms with Gasteiger partial charge in [-0.1, -0.05) is 32.4 Å². The van der Waals surface area contributed by atoms with Crippen molar-refractivity contribution in [1.82, 2.24) is 0 Å². The Morgan fingerprint density at radius 2 is 1.69 bits per heavy atom. The third-order valence-corrected chi connectivity index (χ3v) is 11.3. The lowest BCUT2D eigenvalue weighted by atomic mass is 9.45. The molecular formula is C29H50O3. The van der Waals surface area contributed by atoms with Crippen molar-refractivity contribution in [2.75, 3.05) is 0 Å². The average Bonchev–Trinajstić information content (AvgIpc) is 3.02. The zero-order valence-electron chi connectivity index (χ0n) is 21.9. The normalized spacial score (nSPS) is 45.5. The molecule has 0 saturated heterocycles. The molecule has 32 heavy (non-hydrogen) atoms. The Morgan fingerprint density at radius 3 is 2.31 bits per heavy atom. The fourth-order valence-electron chi connectivity index (χ4n) is 8.93. The Labute approximate surface area is 197 Å². The first-order valence-corrected chi connectivity index (χ1v) is 13.5. The van der Waals surface area contributed by atoms with Gasteiger partial charge in [0.2, 0.25) is 0 Å². The van der Waals surface area contributed by atoms with Gasteiger partial charge in [0.25, 0.3) is 0 Å². The number of rotatable bonds is 5. The molecule has 3 N–H and O–H groups in total. The predicted molar refractivity (Wildman–Crippen MR) is 131 cm³/mol. The molecule has 0 aromatic heterocycles. The van der Waals surface area contributed by atoms with Gasteiger partial charge in [-0.25, -0.2) is 0 Å². The third-order valence-electron chi connectivity index (χ3n) is 11.3. The lowest BCUT2D eigenvalue weighted by Gasteiger charge is -2.60. The highest BCUT2D eigenvalue weighted by Crippen LogP contribution is 2.68. The monoisotopic (exact) mass is 446 g/mol. The molecule has 0 amide bonds. The first-order valence-electron chi connectivity index (χ1n) is 13.5. The standard InChI is InChI=1S/C29H50O3/c1-19(12-14-25(2,3)30)22-10-11-23-21-9-8-20-18-29(32,26(4,5)31)17-16-27(20,6)24(21)13-15-28(22,23)7/h8,19,21-24,30-32H,9-18H2,1-7H3/t19-,21+,22-,23+,24+,27+,28-,29+/m1/s1. The van der Waals surface area contributed by atoms with E-state index in [2.05, 4.69) is 26.8 Å². The number of aliphatic hydroxyl groups is 3. The summed E-state index contributed by atoms with van der Waals surface area (Å²) < 4.78 is 0. The molecule has 3 heteroatoms. The second-order valence-electron chi connectivity index (χ2n) is 14.1. The van der Waals surface area contributed by atoms with Crippen LogP contribution < -0.4 is 0 Å². The molecule has 0 unspecified atom stereocenters. The van der Waals surface area contributed by atoms with E-state index in [4.69, 9.17) is 0 Å². The summed E-state index contributed by atoms with van der Waals surface area (Å²) in [5, 5.41) is 32.1. The van der Waals surface area contributed by atoms with E-state index in [9.17, 15) is 15.3 Å². The topological polar surface area (TPSA) is 60.7 Å². The number of allylic oxidation sites excluding steroid dienone is 1. The van der Waals surface area contributed by atoms with Crippen molar-refractivity contribution < 1.29 is 15.3 Å². The summed E-state index contributed by atoms with van der Waals surface area (Å²) in [7, 11) is 0. The zero-order chi connectivity index (χ0) is 23.7. The van der Waals surface area contributed by atoms with Crippen LogP contribution >= 0.6 is 0 Å². The van der Waals surface area contributed by atoms with Gasteiger partial charge in [-0.2, -0.15) is 0 Å². The Bertz CT molecular complexity index is 742. The lowest BCUT2D eigenvalue weighted by molar-refractivity contribution is -0.158. The largest absolute Gasteiger partial charge is 0.390 e. The Balaban J connectivity index is 1.53. The highest BCUT2D eigenvalue weighted by Gasteiger charge is 2.61. The lowest BCUT2D eigenvalue weighted by Crippen LogP contribution is -2.57. The molecule has 4 rings (SSSR count). The van der Waals surface area contributed by atoms with Gasteiger partial charge in [-0.3, -0.25) is 0 Å². The minimum Gasteiger partial charge on any atom is -0.390 e. The van der Waals surface area contributed by atoms with Crippen LogP contribution in [0.15, 0.2) is 11.6 Å². The molecule has 0 aliphatic heterocycles. The molecule has 4 aliphatic carbocycles. The van der Waals surface area contributed by atoms with Gasteiger partial charge < -0.3 is 15.3 Å². The van der Waals surface area contributed by atoms with Crippen LogP contribution in [-0.4, -0.2) is 32.1 Å². The molecule has 184 valence electrons. The van der Waals surface area contributed by atoms with Gasteiger partial charge in [0.15, 0.2) is 0 Å². The molecule has 0 aromatic carbocycles.